The fraction of sp³-hybridized carbons (Fsp3) is 0.444. The van der Waals surface area contributed by atoms with Crippen LogP contribution in [-0.4, -0.2) is 23.7 Å². The fourth-order valence-electron chi connectivity index (χ4n) is 2.49. The first kappa shape index (κ1) is 18.2. The van der Waals surface area contributed by atoms with Crippen LogP contribution in [0.3, 0.4) is 0 Å². The van der Waals surface area contributed by atoms with Crippen LogP contribution in [0.2, 0.25) is 0 Å². The van der Waals surface area contributed by atoms with Crippen LogP contribution in [0.5, 0.6) is 0 Å². The van der Waals surface area contributed by atoms with Crippen LogP contribution < -0.4 is 16.7 Å². The van der Waals surface area contributed by atoms with Gasteiger partial charge in [0.05, 0.1) is 5.60 Å². The lowest BCUT2D eigenvalue weighted by Crippen LogP contribution is -2.71. The predicted octanol–water partition coefficient (Wildman–Crippen LogP) is 1.85. The molecule has 0 aliphatic carbocycles. The molecule has 6 nitrogen and oxygen atoms in total. The number of ether oxygens (including phenoxy) is 1. The second-order valence-electron chi connectivity index (χ2n) is 6.99. The van der Waals surface area contributed by atoms with Gasteiger partial charge in [0.1, 0.15) is 11.7 Å². The van der Waals surface area contributed by atoms with E-state index in [2.05, 4.69) is 11.1 Å². The molecule has 0 aliphatic rings. The summed E-state index contributed by atoms with van der Waals surface area (Å²) in [6.45, 7) is 9.46. The molecular weight excluding hydrogens is 308 g/mol. The summed E-state index contributed by atoms with van der Waals surface area (Å²) in [6.07, 6.45) is -0.328. The van der Waals surface area contributed by atoms with E-state index in [-0.39, 0.29) is 17.6 Å². The number of anilines is 1. The van der Waals surface area contributed by atoms with E-state index in [1.54, 1.807) is 12.1 Å². The van der Waals surface area contributed by atoms with Crippen molar-refractivity contribution in [3.8, 4) is 0 Å². The Kier molecular flexibility index (Phi) is 5.11. The van der Waals surface area contributed by atoms with Gasteiger partial charge in [0.15, 0.2) is 6.04 Å². The molecule has 0 unspecified atom stereocenters. The molecule has 1 aromatic carbocycles. The highest BCUT2D eigenvalue weighted by Gasteiger charge is 2.29. The van der Waals surface area contributed by atoms with Crippen LogP contribution in [0.15, 0.2) is 33.5 Å². The monoisotopic (exact) mass is 333 g/mol. The number of hydrogen-bond donors (Lipinski definition) is 2. The molecule has 24 heavy (non-hydrogen) atoms. The van der Waals surface area contributed by atoms with Gasteiger partial charge in [-0.3, -0.25) is 4.79 Å². The number of carbonyl (C=O) groups excluding carboxylic acids is 1. The van der Waals surface area contributed by atoms with Crippen molar-refractivity contribution in [2.75, 3.05) is 5.32 Å². The molecule has 1 amide bonds. The lowest BCUT2D eigenvalue weighted by molar-refractivity contribution is -0.424. The topological polar surface area (TPSA) is 96.2 Å². The molecule has 0 aliphatic heterocycles. The highest BCUT2D eigenvalue weighted by Crippen LogP contribution is 2.21. The van der Waals surface area contributed by atoms with Crippen LogP contribution in [-0.2, 0) is 9.53 Å². The number of rotatable bonds is 4. The average molecular weight is 333 g/mol. The van der Waals surface area contributed by atoms with Crippen LogP contribution in [0.4, 0.5) is 5.69 Å². The van der Waals surface area contributed by atoms with Crippen molar-refractivity contribution in [2.45, 2.75) is 52.4 Å². The molecule has 2 atom stereocenters. The number of hydrogen-bond acceptors (Lipinski definition) is 4. The normalized spacial score (nSPS) is 14.4. The largest absolute Gasteiger partial charge is 0.423 e. The van der Waals surface area contributed by atoms with Crippen molar-refractivity contribution in [1.29, 1.82) is 0 Å². The number of fused-ring (bicyclic) bond motifs is 1. The second-order valence-corrected chi connectivity index (χ2v) is 6.99. The third-order valence-corrected chi connectivity index (χ3v) is 3.66. The lowest BCUT2D eigenvalue weighted by atomic mass is 10.1. The molecule has 1 aromatic heterocycles. The summed E-state index contributed by atoms with van der Waals surface area (Å²) in [4.78, 5) is 23.9. The van der Waals surface area contributed by atoms with E-state index in [0.29, 0.717) is 11.3 Å². The minimum absolute atomic E-state index is 0.249. The molecule has 0 fully saturated rings. The molecule has 1 heterocycles. The average Bonchev–Trinajstić information content (AvgIpc) is 2.43. The third-order valence-electron chi connectivity index (χ3n) is 3.66. The van der Waals surface area contributed by atoms with Gasteiger partial charge in [-0.05, 0) is 52.3 Å². The first-order valence-corrected chi connectivity index (χ1v) is 7.93. The third kappa shape index (κ3) is 4.43. The van der Waals surface area contributed by atoms with Crippen molar-refractivity contribution < 1.29 is 19.7 Å². The van der Waals surface area contributed by atoms with Gasteiger partial charge >= 0.3 is 5.63 Å². The number of benzene rings is 1. The minimum Gasteiger partial charge on any atom is -0.423 e. The number of amides is 1. The van der Waals surface area contributed by atoms with Crippen molar-refractivity contribution >= 4 is 22.6 Å². The van der Waals surface area contributed by atoms with E-state index in [4.69, 9.17) is 9.15 Å². The summed E-state index contributed by atoms with van der Waals surface area (Å²) in [7, 11) is 0. The molecule has 6 heteroatoms. The molecule has 0 saturated heterocycles. The van der Waals surface area contributed by atoms with Crippen molar-refractivity contribution in [1.82, 2.24) is 0 Å². The Morgan fingerprint density at radius 2 is 1.96 bits per heavy atom. The smallest absolute Gasteiger partial charge is 0.336 e. The van der Waals surface area contributed by atoms with Crippen molar-refractivity contribution in [3.63, 3.8) is 0 Å². The van der Waals surface area contributed by atoms with Crippen LogP contribution in [0.1, 0.15) is 33.3 Å². The van der Waals surface area contributed by atoms with E-state index < -0.39 is 11.7 Å². The van der Waals surface area contributed by atoms with Gasteiger partial charge in [0.2, 0.25) is 0 Å². The Bertz CT molecular complexity index is 805. The van der Waals surface area contributed by atoms with Gasteiger partial charge < -0.3 is 20.2 Å². The summed E-state index contributed by atoms with van der Waals surface area (Å²) in [6, 6.07) is 6.11. The summed E-state index contributed by atoms with van der Waals surface area (Å²) < 4.78 is 11.0. The minimum atomic E-state index is -0.565. The van der Waals surface area contributed by atoms with Gasteiger partial charge in [-0.25, -0.2) is 4.79 Å². The predicted molar refractivity (Wildman–Crippen MR) is 92.8 cm³/mol. The lowest BCUT2D eigenvalue weighted by Gasteiger charge is -2.26. The first-order chi connectivity index (χ1) is 11.1. The molecule has 0 saturated carbocycles. The van der Waals surface area contributed by atoms with E-state index >= 15 is 0 Å². The maximum absolute atomic E-state index is 12.4. The zero-order chi connectivity index (χ0) is 18.1. The van der Waals surface area contributed by atoms with Gasteiger partial charge in [-0.15, -0.1) is 0 Å². The highest BCUT2D eigenvalue weighted by molar-refractivity contribution is 5.96. The SMILES string of the molecule is Cc1cc(=O)oc2cc(NC(=O)[C@@H]([NH3+])[C@@H](C)OC(C)(C)C)ccc12. The summed E-state index contributed by atoms with van der Waals surface area (Å²) in [5.74, 6) is -0.249. The number of aryl methyl sites for hydroxylation is 1. The van der Waals surface area contributed by atoms with Crippen molar-refractivity contribution in [2.24, 2.45) is 0 Å². The number of carbonyl (C=O) groups is 1. The molecule has 2 aromatic rings. The standard InChI is InChI=1S/C18H24N2O4/c1-10-8-15(21)23-14-9-12(6-7-13(10)14)20-17(22)16(19)11(2)24-18(3,4)5/h6-9,11,16H,19H2,1-5H3,(H,20,22)/p+1/t11-,16+/m1/s1. The van der Waals surface area contributed by atoms with E-state index in [1.807, 2.05) is 40.7 Å². The van der Waals surface area contributed by atoms with Gasteiger partial charge in [0, 0.05) is 23.2 Å². The van der Waals surface area contributed by atoms with Gasteiger partial charge in [-0.1, -0.05) is 0 Å². The van der Waals surface area contributed by atoms with Gasteiger partial charge in [0.25, 0.3) is 5.91 Å². The van der Waals surface area contributed by atoms with Crippen LogP contribution in [0.25, 0.3) is 11.0 Å². The van der Waals surface area contributed by atoms with Crippen LogP contribution in [0, 0.1) is 6.92 Å². The fourth-order valence-corrected chi connectivity index (χ4v) is 2.49. The Morgan fingerprint density at radius 1 is 1.29 bits per heavy atom. The zero-order valence-corrected chi connectivity index (χ0v) is 14.8. The molecule has 0 radical (unpaired) electrons. The number of quaternary nitrogens is 1. The van der Waals surface area contributed by atoms with E-state index in [9.17, 15) is 9.59 Å². The second kappa shape index (κ2) is 6.75. The Morgan fingerprint density at radius 3 is 2.58 bits per heavy atom. The summed E-state index contributed by atoms with van der Waals surface area (Å²) in [5.41, 5.74) is 4.97. The Hall–Kier alpha value is -2.18. The Labute approximate surface area is 141 Å². The highest BCUT2D eigenvalue weighted by atomic mass is 16.5. The van der Waals surface area contributed by atoms with Gasteiger partial charge in [-0.2, -0.15) is 0 Å². The molecule has 4 N–H and O–H groups in total. The zero-order valence-electron chi connectivity index (χ0n) is 14.8. The maximum Gasteiger partial charge on any atom is 0.336 e. The van der Waals surface area contributed by atoms with E-state index in [1.165, 1.54) is 6.07 Å². The molecule has 0 bridgehead atoms. The maximum atomic E-state index is 12.4. The van der Waals surface area contributed by atoms with Crippen molar-refractivity contribution in [3.05, 3.63) is 40.2 Å². The number of nitrogens with one attached hydrogen (secondary N) is 1. The quantitative estimate of drug-likeness (QED) is 0.835. The summed E-state index contributed by atoms with van der Waals surface area (Å²) in [5, 5.41) is 3.63. The first-order valence-electron chi connectivity index (χ1n) is 7.93. The molecular formula is C18H25N2O4+. The summed E-state index contributed by atoms with van der Waals surface area (Å²) >= 11 is 0. The van der Waals surface area contributed by atoms with E-state index in [0.717, 1.165) is 10.9 Å². The Balaban J connectivity index is 2.17. The molecule has 0 spiro atoms. The molecule has 130 valence electrons. The van der Waals surface area contributed by atoms with Crippen LogP contribution >= 0.6 is 0 Å². The molecule has 2 rings (SSSR count).